The first-order valence-electron chi connectivity index (χ1n) is 6.39. The Labute approximate surface area is 117 Å². The summed E-state index contributed by atoms with van der Waals surface area (Å²) in [4.78, 5) is 8.68. The Kier molecular flexibility index (Phi) is 3.42. The number of benzene rings is 1. The van der Waals surface area contributed by atoms with E-state index in [9.17, 15) is 0 Å². The molecular weight excluding hydrogens is 248 g/mol. The molecule has 3 heteroatoms. The Bertz CT molecular complexity index is 766. The number of rotatable bonds is 3. The van der Waals surface area contributed by atoms with Crippen molar-refractivity contribution in [2.75, 3.05) is 7.11 Å². The van der Waals surface area contributed by atoms with Gasteiger partial charge in [0.1, 0.15) is 0 Å². The van der Waals surface area contributed by atoms with Crippen LogP contribution in [-0.4, -0.2) is 17.1 Å². The molecule has 3 nitrogen and oxygen atoms in total. The largest absolute Gasteiger partial charge is 0.481 e. The van der Waals surface area contributed by atoms with Crippen LogP contribution in [0, 0.1) is 0 Å². The molecular formula is C17H14N2O. The first kappa shape index (κ1) is 12.4. The van der Waals surface area contributed by atoms with E-state index in [1.54, 1.807) is 13.3 Å². The topological polar surface area (TPSA) is 35.0 Å². The van der Waals surface area contributed by atoms with Crippen molar-refractivity contribution in [3.63, 3.8) is 0 Å². The summed E-state index contributed by atoms with van der Waals surface area (Å²) in [5, 5.41) is 1.15. The molecule has 3 aromatic rings. The quantitative estimate of drug-likeness (QED) is 0.720. The van der Waals surface area contributed by atoms with Crippen LogP contribution in [0.15, 0.2) is 54.7 Å². The van der Waals surface area contributed by atoms with Crippen molar-refractivity contribution >= 4 is 23.1 Å². The Morgan fingerprint density at radius 2 is 1.90 bits per heavy atom. The van der Waals surface area contributed by atoms with Gasteiger partial charge in [-0.15, -0.1) is 0 Å². The van der Waals surface area contributed by atoms with E-state index in [1.165, 1.54) is 0 Å². The summed E-state index contributed by atoms with van der Waals surface area (Å²) in [6, 6.07) is 16.0. The Hall–Kier alpha value is -2.68. The van der Waals surface area contributed by atoms with Crippen molar-refractivity contribution in [2.24, 2.45) is 0 Å². The molecule has 2 heterocycles. The molecule has 0 N–H and O–H groups in total. The molecule has 0 unspecified atom stereocenters. The summed E-state index contributed by atoms with van der Waals surface area (Å²) < 4.78 is 5.10. The van der Waals surface area contributed by atoms with Crippen molar-refractivity contribution < 1.29 is 4.74 Å². The lowest BCUT2D eigenvalue weighted by molar-refractivity contribution is 0.398. The van der Waals surface area contributed by atoms with Crippen LogP contribution in [0.3, 0.4) is 0 Å². The van der Waals surface area contributed by atoms with Crippen LogP contribution in [0.2, 0.25) is 0 Å². The summed E-state index contributed by atoms with van der Waals surface area (Å²) in [7, 11) is 1.61. The molecule has 0 spiro atoms. The SMILES string of the molecule is COc1cc(/C=C/c2ccc3ccccc3n2)ccn1. The minimum Gasteiger partial charge on any atom is -0.481 e. The summed E-state index contributed by atoms with van der Waals surface area (Å²) in [6.45, 7) is 0. The van der Waals surface area contributed by atoms with Crippen molar-refractivity contribution in [1.82, 2.24) is 9.97 Å². The first-order chi connectivity index (χ1) is 9.85. The molecule has 0 saturated carbocycles. The summed E-state index contributed by atoms with van der Waals surface area (Å²) in [5.41, 5.74) is 2.97. The maximum absolute atomic E-state index is 5.10. The highest BCUT2D eigenvalue weighted by atomic mass is 16.5. The fraction of sp³-hybridized carbons (Fsp3) is 0.0588. The standard InChI is InChI=1S/C17H14N2O/c1-20-17-12-13(10-11-18-17)6-8-15-9-7-14-4-2-3-5-16(14)19-15/h2-12H,1H3/b8-6+. The molecule has 0 radical (unpaired) electrons. The first-order valence-corrected chi connectivity index (χ1v) is 6.39. The third-order valence-corrected chi connectivity index (χ3v) is 3.03. The van der Waals surface area contributed by atoms with Crippen LogP contribution in [0.25, 0.3) is 23.1 Å². The predicted molar refractivity (Wildman–Crippen MR) is 81.5 cm³/mol. The molecule has 98 valence electrons. The van der Waals surface area contributed by atoms with Gasteiger partial charge < -0.3 is 4.74 Å². The lowest BCUT2D eigenvalue weighted by Gasteiger charge is -2.00. The molecule has 0 amide bonds. The zero-order valence-corrected chi connectivity index (χ0v) is 11.2. The summed E-state index contributed by atoms with van der Waals surface area (Å²) >= 11 is 0. The van der Waals surface area contributed by atoms with Gasteiger partial charge >= 0.3 is 0 Å². The molecule has 0 fully saturated rings. The minimum atomic E-state index is 0.610. The molecule has 0 atom stereocenters. The van der Waals surface area contributed by atoms with E-state index in [2.05, 4.69) is 22.1 Å². The highest BCUT2D eigenvalue weighted by Crippen LogP contribution is 2.15. The number of hydrogen-bond donors (Lipinski definition) is 0. The van der Waals surface area contributed by atoms with E-state index in [1.807, 2.05) is 48.6 Å². The highest BCUT2D eigenvalue weighted by Gasteiger charge is 1.96. The number of nitrogens with zero attached hydrogens (tertiary/aromatic N) is 2. The van der Waals surface area contributed by atoms with E-state index >= 15 is 0 Å². The van der Waals surface area contributed by atoms with Gasteiger partial charge in [-0.25, -0.2) is 9.97 Å². The number of para-hydroxylation sites is 1. The van der Waals surface area contributed by atoms with Gasteiger partial charge in [-0.05, 0) is 29.8 Å². The van der Waals surface area contributed by atoms with E-state index in [4.69, 9.17) is 4.74 Å². The van der Waals surface area contributed by atoms with Gasteiger partial charge in [-0.2, -0.15) is 0 Å². The van der Waals surface area contributed by atoms with Gasteiger partial charge in [-0.1, -0.05) is 30.3 Å². The maximum Gasteiger partial charge on any atom is 0.213 e. The van der Waals surface area contributed by atoms with Crippen LogP contribution in [0.4, 0.5) is 0 Å². The van der Waals surface area contributed by atoms with Gasteiger partial charge in [0.15, 0.2) is 0 Å². The monoisotopic (exact) mass is 262 g/mol. The van der Waals surface area contributed by atoms with Crippen LogP contribution >= 0.6 is 0 Å². The van der Waals surface area contributed by atoms with E-state index in [-0.39, 0.29) is 0 Å². The number of fused-ring (bicyclic) bond motifs is 1. The average Bonchev–Trinajstić information content (AvgIpc) is 2.53. The fourth-order valence-corrected chi connectivity index (χ4v) is 2.00. The zero-order chi connectivity index (χ0) is 13.8. The highest BCUT2D eigenvalue weighted by molar-refractivity contribution is 5.80. The Balaban J connectivity index is 1.89. The second kappa shape index (κ2) is 5.53. The molecule has 1 aromatic carbocycles. The average molecular weight is 262 g/mol. The van der Waals surface area contributed by atoms with Gasteiger partial charge in [0.2, 0.25) is 5.88 Å². The number of methoxy groups -OCH3 is 1. The molecule has 0 aliphatic carbocycles. The van der Waals surface area contributed by atoms with E-state index in [0.29, 0.717) is 5.88 Å². The number of pyridine rings is 2. The van der Waals surface area contributed by atoms with Crippen molar-refractivity contribution in [3.05, 3.63) is 66.0 Å². The second-order valence-electron chi connectivity index (χ2n) is 4.39. The van der Waals surface area contributed by atoms with Crippen molar-refractivity contribution in [1.29, 1.82) is 0 Å². The molecule has 3 rings (SSSR count). The normalized spacial score (nSPS) is 11.1. The van der Waals surface area contributed by atoms with Gasteiger partial charge in [0, 0.05) is 17.6 Å². The summed E-state index contributed by atoms with van der Waals surface area (Å²) in [5.74, 6) is 0.610. The van der Waals surface area contributed by atoms with Gasteiger partial charge in [0.05, 0.1) is 18.3 Å². The molecule has 0 bridgehead atoms. The fourth-order valence-electron chi connectivity index (χ4n) is 2.00. The Morgan fingerprint density at radius 1 is 1.00 bits per heavy atom. The minimum absolute atomic E-state index is 0.610. The van der Waals surface area contributed by atoms with E-state index in [0.717, 1.165) is 22.2 Å². The maximum atomic E-state index is 5.10. The molecule has 0 saturated heterocycles. The van der Waals surface area contributed by atoms with Crippen LogP contribution < -0.4 is 4.74 Å². The third-order valence-electron chi connectivity index (χ3n) is 3.03. The predicted octanol–water partition coefficient (Wildman–Crippen LogP) is 3.81. The van der Waals surface area contributed by atoms with Gasteiger partial charge in [-0.3, -0.25) is 0 Å². The van der Waals surface area contributed by atoms with Crippen molar-refractivity contribution in [3.8, 4) is 5.88 Å². The third kappa shape index (κ3) is 2.67. The summed E-state index contributed by atoms with van der Waals surface area (Å²) in [6.07, 6.45) is 5.72. The van der Waals surface area contributed by atoms with Crippen LogP contribution in [-0.2, 0) is 0 Å². The lowest BCUT2D eigenvalue weighted by Crippen LogP contribution is -1.87. The smallest absolute Gasteiger partial charge is 0.213 e. The van der Waals surface area contributed by atoms with Crippen molar-refractivity contribution in [2.45, 2.75) is 0 Å². The number of hydrogen-bond acceptors (Lipinski definition) is 3. The second-order valence-corrected chi connectivity index (χ2v) is 4.39. The Morgan fingerprint density at radius 3 is 2.80 bits per heavy atom. The molecule has 2 aromatic heterocycles. The van der Waals surface area contributed by atoms with Crippen LogP contribution in [0.5, 0.6) is 5.88 Å². The van der Waals surface area contributed by atoms with Gasteiger partial charge in [0.25, 0.3) is 0 Å². The van der Waals surface area contributed by atoms with E-state index < -0.39 is 0 Å². The lowest BCUT2D eigenvalue weighted by atomic mass is 10.2. The molecule has 20 heavy (non-hydrogen) atoms. The van der Waals surface area contributed by atoms with Crippen LogP contribution in [0.1, 0.15) is 11.3 Å². The molecule has 0 aliphatic heterocycles. The zero-order valence-electron chi connectivity index (χ0n) is 11.2. The molecule has 0 aliphatic rings. The number of aromatic nitrogens is 2. The number of ether oxygens (including phenoxy) is 1.